The molecule has 3 saturated heterocycles. The maximum absolute atomic E-state index is 17.3. The highest BCUT2D eigenvalue weighted by Crippen LogP contribution is 2.50. The van der Waals surface area contributed by atoms with E-state index in [1.165, 1.54) is 4.90 Å². The number of nitrogens with zero attached hydrogens (tertiary/aromatic N) is 5. The van der Waals surface area contributed by atoms with Crippen molar-refractivity contribution >= 4 is 27.6 Å². The van der Waals surface area contributed by atoms with Crippen molar-refractivity contribution < 1.29 is 48.6 Å². The summed E-state index contributed by atoms with van der Waals surface area (Å²) in [7, 11) is 0. The lowest BCUT2D eigenvalue weighted by Crippen LogP contribution is -2.43. The predicted octanol–water partition coefficient (Wildman–Crippen LogP) is 8.20. The largest absolute Gasteiger partial charge is 0.461 e. The lowest BCUT2D eigenvalue weighted by atomic mass is 9.88. The van der Waals surface area contributed by atoms with Gasteiger partial charge in [0.1, 0.15) is 24.1 Å². The summed E-state index contributed by atoms with van der Waals surface area (Å²) in [5.41, 5.74) is -7.86. The van der Waals surface area contributed by atoms with E-state index in [-0.39, 0.29) is 50.4 Å². The molecule has 3 fully saturated rings. The number of nitrogens with one attached hydrogen (secondary N) is 2. The van der Waals surface area contributed by atoms with Crippen molar-refractivity contribution in [3.63, 3.8) is 0 Å². The molecule has 18 heteroatoms. The second-order valence-electron chi connectivity index (χ2n) is 14.4. The summed E-state index contributed by atoms with van der Waals surface area (Å²) in [6, 6.07) is -0.910. The number of halogens is 10. The average molecular weight is 784 g/mol. The topological polar surface area (TPSA) is 82.2 Å². The number of ether oxygens (including phenoxy) is 1. The third-order valence-electron chi connectivity index (χ3n) is 11.0. The van der Waals surface area contributed by atoms with Gasteiger partial charge in [0.05, 0.1) is 34.4 Å². The Labute approximate surface area is 308 Å². The van der Waals surface area contributed by atoms with Crippen LogP contribution in [-0.2, 0) is 12.4 Å². The van der Waals surface area contributed by atoms with E-state index in [9.17, 15) is 26.3 Å². The molecule has 3 aliphatic heterocycles. The van der Waals surface area contributed by atoms with Gasteiger partial charge in [0.15, 0.2) is 5.82 Å². The minimum absolute atomic E-state index is 0.0695. The molecule has 0 radical (unpaired) electrons. The molecule has 2 N–H and O–H groups in total. The van der Waals surface area contributed by atoms with Gasteiger partial charge in [-0.15, -0.1) is 6.42 Å². The van der Waals surface area contributed by atoms with Crippen LogP contribution in [0.2, 0.25) is 0 Å². The maximum atomic E-state index is 17.3. The van der Waals surface area contributed by atoms with Gasteiger partial charge < -0.3 is 9.64 Å². The Morgan fingerprint density at radius 2 is 1.84 bits per heavy atom. The van der Waals surface area contributed by atoms with E-state index in [2.05, 4.69) is 31.4 Å². The fourth-order valence-corrected chi connectivity index (χ4v) is 8.55. The Bertz CT molecular complexity index is 2190. The van der Waals surface area contributed by atoms with Gasteiger partial charge in [0.2, 0.25) is 0 Å². The highest BCUT2D eigenvalue weighted by Gasteiger charge is 2.50. The first kappa shape index (κ1) is 38.6. The molecule has 0 aliphatic carbocycles. The van der Waals surface area contributed by atoms with Crippen LogP contribution < -0.4 is 15.0 Å². The fraction of sp³-hybridized carbons (Fsp3) is 0.486. The Morgan fingerprint density at radius 3 is 2.51 bits per heavy atom. The summed E-state index contributed by atoms with van der Waals surface area (Å²) in [5.74, 6) is -0.226. The van der Waals surface area contributed by atoms with Gasteiger partial charge in [-0.2, -0.15) is 50.2 Å². The molecule has 8 nitrogen and oxygen atoms in total. The molecule has 0 amide bonds. The van der Waals surface area contributed by atoms with Crippen LogP contribution in [0.4, 0.5) is 49.7 Å². The number of anilines is 1. The van der Waals surface area contributed by atoms with Crippen molar-refractivity contribution in [2.75, 3.05) is 37.7 Å². The monoisotopic (exact) mass is 783 g/mol. The number of H-pyrrole nitrogens is 1. The van der Waals surface area contributed by atoms with E-state index in [1.807, 2.05) is 4.90 Å². The van der Waals surface area contributed by atoms with Gasteiger partial charge in [0, 0.05) is 54.0 Å². The summed E-state index contributed by atoms with van der Waals surface area (Å²) < 4.78 is 155. The van der Waals surface area contributed by atoms with Gasteiger partial charge >= 0.3 is 18.4 Å². The minimum Gasteiger partial charge on any atom is -0.461 e. The number of rotatable bonds is 7. The van der Waals surface area contributed by atoms with Crippen LogP contribution in [0.25, 0.3) is 32.9 Å². The molecule has 294 valence electrons. The van der Waals surface area contributed by atoms with Crippen LogP contribution in [0.1, 0.15) is 49.3 Å². The number of alkyl halides is 7. The molecule has 5 heterocycles. The zero-order valence-electron chi connectivity index (χ0n) is 29.5. The second kappa shape index (κ2) is 14.1. The highest BCUT2D eigenvalue weighted by atomic mass is 19.4. The molecule has 5 atom stereocenters. The Balaban J connectivity index is 1.50. The molecular formula is C37H35F10N7O. The van der Waals surface area contributed by atoms with E-state index in [1.54, 1.807) is 6.92 Å². The first-order valence-corrected chi connectivity index (χ1v) is 17.6. The van der Waals surface area contributed by atoms with Crippen LogP contribution in [0.3, 0.4) is 0 Å². The number of aromatic amines is 1. The van der Waals surface area contributed by atoms with E-state index >= 15 is 17.6 Å². The molecule has 0 bridgehead atoms. The van der Waals surface area contributed by atoms with E-state index in [0.717, 1.165) is 25.6 Å². The number of hydrogen-bond donors (Lipinski definition) is 2. The van der Waals surface area contributed by atoms with Crippen LogP contribution in [0.15, 0.2) is 30.5 Å². The third-order valence-corrected chi connectivity index (χ3v) is 11.0. The molecule has 2 aromatic heterocycles. The maximum Gasteiger partial charge on any atom is 0.417 e. The Hall–Kier alpha value is -4.63. The fourth-order valence-electron chi connectivity index (χ4n) is 8.55. The van der Waals surface area contributed by atoms with E-state index in [0.29, 0.717) is 25.1 Å². The van der Waals surface area contributed by atoms with Gasteiger partial charge in [-0.1, -0.05) is 12.8 Å². The normalized spacial score (nSPS) is 25.0. The summed E-state index contributed by atoms with van der Waals surface area (Å²) in [6.45, 7) is 3.02. The molecule has 0 saturated carbocycles. The summed E-state index contributed by atoms with van der Waals surface area (Å²) in [5, 5.41) is 8.18. The van der Waals surface area contributed by atoms with Crippen molar-refractivity contribution in [2.45, 2.75) is 75.7 Å². The van der Waals surface area contributed by atoms with Crippen molar-refractivity contribution in [3.05, 3.63) is 53.0 Å². The molecule has 0 spiro atoms. The van der Waals surface area contributed by atoms with Crippen LogP contribution in [-0.4, -0.2) is 81.6 Å². The number of hydrogen-bond acceptors (Lipinski definition) is 7. The lowest BCUT2D eigenvalue weighted by molar-refractivity contribution is -0.139. The number of benzene rings is 2. The van der Waals surface area contributed by atoms with Crippen LogP contribution in [0.5, 0.6) is 6.01 Å². The number of aryl methyl sites for hydroxylation is 1. The van der Waals surface area contributed by atoms with Crippen molar-refractivity contribution in [2.24, 2.45) is 5.92 Å². The second-order valence-corrected chi connectivity index (χ2v) is 14.4. The smallest absolute Gasteiger partial charge is 0.417 e. The Morgan fingerprint density at radius 1 is 1.07 bits per heavy atom. The summed E-state index contributed by atoms with van der Waals surface area (Å²) >= 11 is 0. The third kappa shape index (κ3) is 7.05. The van der Waals surface area contributed by atoms with Crippen molar-refractivity contribution in [1.29, 1.82) is 0 Å². The number of terminal acetylenes is 1. The van der Waals surface area contributed by atoms with E-state index < -0.39 is 104 Å². The quantitative estimate of drug-likeness (QED) is 0.145. The van der Waals surface area contributed by atoms with Crippen molar-refractivity contribution in [3.8, 4) is 29.5 Å². The molecule has 7 rings (SSSR count). The first-order chi connectivity index (χ1) is 25.9. The molecule has 55 heavy (non-hydrogen) atoms. The molecule has 2 aromatic carbocycles. The molecular weight excluding hydrogens is 748 g/mol. The average Bonchev–Trinajstić information content (AvgIpc) is 3.77. The molecule has 4 aromatic rings. The Kier molecular flexibility index (Phi) is 9.94. The lowest BCUT2D eigenvalue weighted by Gasteiger charge is -2.31. The van der Waals surface area contributed by atoms with Gasteiger partial charge in [-0.3, -0.25) is 15.3 Å². The minimum atomic E-state index is -5.42. The van der Waals surface area contributed by atoms with Crippen LogP contribution in [0, 0.1) is 31.0 Å². The highest BCUT2D eigenvalue weighted by molar-refractivity contribution is 6.02. The molecule has 3 aliphatic rings. The number of aromatic nitrogens is 4. The van der Waals surface area contributed by atoms with Gasteiger partial charge in [0.25, 0.3) is 6.08 Å². The summed E-state index contributed by atoms with van der Waals surface area (Å²) in [6.07, 6.45) is -4.78. The van der Waals surface area contributed by atoms with Gasteiger partial charge in [-0.05, 0) is 62.4 Å². The SMILES string of the molecule is C#CC1CN(c2nc(OCC34CCCN3C[C@H](F)C4)nc3c(F)c(-c4c(C(F)(F)F)c(C)cc5[nH]ncc45)c(C(F)(F)F)cc23)C[C@H](CC)C(C=C(F)F)N1. The first-order valence-electron chi connectivity index (χ1n) is 17.6. The zero-order valence-corrected chi connectivity index (χ0v) is 29.5. The number of fused-ring (bicyclic) bond motifs is 3. The molecule has 3 unspecified atom stereocenters. The standard InChI is InChI=1S/C37H35F10N7O/c1-4-19-14-53(16-21(5-2)49-25(19)11-27(39)40)33-22-10-24(36(42,43)44)29(28-23-13-48-52-26(23)9-18(3)30(28)37(45,46)47)31(41)32(22)50-34(51-33)55-17-35-7-6-8-54(35)15-20(38)12-35/h2,9-11,13,19-21,25,49H,4,6-8,12,14-17H2,1,3H3,(H,48,52)/t19-,20+,21?,25?,35?/m0/s1. The predicted molar refractivity (Wildman–Crippen MR) is 184 cm³/mol. The van der Waals surface area contributed by atoms with Gasteiger partial charge in [-0.25, -0.2) is 8.78 Å². The van der Waals surface area contributed by atoms with E-state index in [4.69, 9.17) is 11.2 Å². The zero-order chi connectivity index (χ0) is 39.6. The summed E-state index contributed by atoms with van der Waals surface area (Å²) in [4.78, 5) is 12.0. The van der Waals surface area contributed by atoms with Crippen LogP contribution >= 0.6 is 0 Å². The van der Waals surface area contributed by atoms with Crippen molar-refractivity contribution in [1.82, 2.24) is 30.4 Å².